The van der Waals surface area contributed by atoms with E-state index in [4.69, 9.17) is 4.42 Å². The summed E-state index contributed by atoms with van der Waals surface area (Å²) in [5.41, 5.74) is 4.24. The van der Waals surface area contributed by atoms with Crippen LogP contribution >= 0.6 is 0 Å². The van der Waals surface area contributed by atoms with E-state index in [1.165, 1.54) is 11.8 Å². The molecule has 0 aliphatic rings. The third-order valence-electron chi connectivity index (χ3n) is 3.93. The summed E-state index contributed by atoms with van der Waals surface area (Å²) in [4.78, 5) is 12.2. The molecule has 0 saturated carbocycles. The molecular formula is C20H19NO2. The number of aryl methyl sites for hydroxylation is 1. The van der Waals surface area contributed by atoms with E-state index in [-0.39, 0.29) is 11.9 Å². The molecule has 0 spiro atoms. The number of benzene rings is 2. The molecule has 1 heterocycles. The Labute approximate surface area is 136 Å². The standard InChI is InChI=1S/C20H19NO2/c1-14-12-13-23-19(14)20(22)21-15(2)16-8-10-18(11-9-16)17-6-4-3-5-7-17/h3-13,15H,1-2H3,(H,21,22). The SMILES string of the molecule is Cc1ccoc1C(=O)NC(C)c1ccc(-c2ccccc2)cc1. The van der Waals surface area contributed by atoms with Gasteiger partial charge in [0, 0.05) is 5.56 Å². The molecule has 0 radical (unpaired) electrons. The molecule has 0 bridgehead atoms. The van der Waals surface area contributed by atoms with Gasteiger partial charge in [-0.3, -0.25) is 4.79 Å². The van der Waals surface area contributed by atoms with E-state index in [0.717, 1.165) is 16.7 Å². The van der Waals surface area contributed by atoms with E-state index >= 15 is 0 Å². The van der Waals surface area contributed by atoms with Crippen molar-refractivity contribution < 1.29 is 9.21 Å². The van der Waals surface area contributed by atoms with Gasteiger partial charge < -0.3 is 9.73 Å². The zero-order valence-electron chi connectivity index (χ0n) is 13.2. The van der Waals surface area contributed by atoms with Crippen LogP contribution in [0.25, 0.3) is 11.1 Å². The van der Waals surface area contributed by atoms with Crippen LogP contribution in [0, 0.1) is 6.92 Å². The lowest BCUT2D eigenvalue weighted by molar-refractivity contribution is 0.0911. The highest BCUT2D eigenvalue weighted by Crippen LogP contribution is 2.22. The predicted octanol–water partition coefficient (Wildman–Crippen LogP) is 4.75. The van der Waals surface area contributed by atoms with E-state index in [2.05, 4.69) is 29.6 Å². The molecule has 0 aliphatic carbocycles. The molecule has 0 aliphatic heterocycles. The summed E-state index contributed by atoms with van der Waals surface area (Å²) in [6, 6.07) is 20.2. The van der Waals surface area contributed by atoms with Crippen molar-refractivity contribution in [1.82, 2.24) is 5.32 Å². The molecule has 3 rings (SSSR count). The molecule has 3 nitrogen and oxygen atoms in total. The molecule has 3 heteroatoms. The van der Waals surface area contributed by atoms with Crippen molar-refractivity contribution in [3.8, 4) is 11.1 Å². The van der Waals surface area contributed by atoms with E-state index in [0.29, 0.717) is 5.76 Å². The average Bonchev–Trinajstić information content (AvgIpc) is 3.02. The summed E-state index contributed by atoms with van der Waals surface area (Å²) in [5.74, 6) is 0.185. The van der Waals surface area contributed by atoms with Gasteiger partial charge >= 0.3 is 0 Å². The van der Waals surface area contributed by atoms with Gasteiger partial charge in [0.25, 0.3) is 5.91 Å². The molecule has 116 valence electrons. The summed E-state index contributed by atoms with van der Waals surface area (Å²) in [5, 5.41) is 2.97. The van der Waals surface area contributed by atoms with Gasteiger partial charge in [-0.05, 0) is 36.6 Å². The number of nitrogens with one attached hydrogen (secondary N) is 1. The molecule has 1 atom stereocenters. The topological polar surface area (TPSA) is 42.2 Å². The molecule has 2 aromatic carbocycles. The lowest BCUT2D eigenvalue weighted by atomic mass is 10.0. The van der Waals surface area contributed by atoms with Gasteiger partial charge in [-0.2, -0.15) is 0 Å². The first-order valence-electron chi connectivity index (χ1n) is 7.65. The van der Waals surface area contributed by atoms with Gasteiger partial charge in [0.15, 0.2) is 5.76 Å². The lowest BCUT2D eigenvalue weighted by Gasteiger charge is -2.14. The molecule has 1 N–H and O–H groups in total. The Morgan fingerprint density at radius 3 is 2.22 bits per heavy atom. The summed E-state index contributed by atoms with van der Waals surface area (Å²) in [6.07, 6.45) is 1.53. The monoisotopic (exact) mass is 305 g/mol. The van der Waals surface area contributed by atoms with Crippen LogP contribution in [0.2, 0.25) is 0 Å². The van der Waals surface area contributed by atoms with Crippen molar-refractivity contribution >= 4 is 5.91 Å². The van der Waals surface area contributed by atoms with Crippen molar-refractivity contribution in [2.45, 2.75) is 19.9 Å². The van der Waals surface area contributed by atoms with E-state index in [1.54, 1.807) is 6.07 Å². The Bertz CT molecular complexity index is 788. The molecule has 0 fully saturated rings. The number of hydrogen-bond acceptors (Lipinski definition) is 2. The Hall–Kier alpha value is -2.81. The number of hydrogen-bond donors (Lipinski definition) is 1. The molecule has 0 saturated heterocycles. The number of amides is 1. The molecule has 3 aromatic rings. The predicted molar refractivity (Wildman–Crippen MR) is 91.2 cm³/mol. The minimum atomic E-state index is -0.188. The van der Waals surface area contributed by atoms with Crippen LogP contribution in [0.3, 0.4) is 0 Å². The zero-order chi connectivity index (χ0) is 16.2. The Morgan fingerprint density at radius 2 is 1.61 bits per heavy atom. The second-order valence-electron chi connectivity index (χ2n) is 5.62. The van der Waals surface area contributed by atoms with Gasteiger partial charge in [-0.15, -0.1) is 0 Å². The second-order valence-corrected chi connectivity index (χ2v) is 5.62. The van der Waals surface area contributed by atoms with Gasteiger partial charge in [-0.1, -0.05) is 54.6 Å². The van der Waals surface area contributed by atoms with E-state index in [1.807, 2.05) is 44.2 Å². The lowest BCUT2D eigenvalue weighted by Crippen LogP contribution is -2.26. The van der Waals surface area contributed by atoms with Gasteiger partial charge in [0.2, 0.25) is 0 Å². The summed E-state index contributed by atoms with van der Waals surface area (Å²) < 4.78 is 5.23. The highest BCUT2D eigenvalue weighted by Gasteiger charge is 2.16. The Kier molecular flexibility index (Phi) is 4.29. The second kappa shape index (κ2) is 6.53. The number of rotatable bonds is 4. The van der Waals surface area contributed by atoms with Crippen molar-refractivity contribution in [2.75, 3.05) is 0 Å². The fourth-order valence-corrected chi connectivity index (χ4v) is 2.55. The zero-order valence-corrected chi connectivity index (χ0v) is 13.2. The number of furan rings is 1. The van der Waals surface area contributed by atoms with Gasteiger partial charge in [0.1, 0.15) is 0 Å². The van der Waals surface area contributed by atoms with E-state index in [9.17, 15) is 4.79 Å². The third-order valence-corrected chi connectivity index (χ3v) is 3.93. The Morgan fingerprint density at radius 1 is 0.957 bits per heavy atom. The molecular weight excluding hydrogens is 286 g/mol. The molecule has 1 amide bonds. The summed E-state index contributed by atoms with van der Waals surface area (Å²) >= 11 is 0. The van der Waals surface area contributed by atoms with Crippen LogP contribution in [0.15, 0.2) is 71.3 Å². The van der Waals surface area contributed by atoms with Crippen LogP contribution in [-0.4, -0.2) is 5.91 Å². The smallest absolute Gasteiger partial charge is 0.287 e. The fourth-order valence-electron chi connectivity index (χ4n) is 2.55. The van der Waals surface area contributed by atoms with Crippen LogP contribution in [-0.2, 0) is 0 Å². The third kappa shape index (κ3) is 3.34. The van der Waals surface area contributed by atoms with E-state index < -0.39 is 0 Å². The van der Waals surface area contributed by atoms with Crippen LogP contribution in [0.1, 0.15) is 34.6 Å². The van der Waals surface area contributed by atoms with Crippen molar-refractivity contribution in [1.29, 1.82) is 0 Å². The quantitative estimate of drug-likeness (QED) is 0.756. The highest BCUT2D eigenvalue weighted by atomic mass is 16.3. The molecule has 1 unspecified atom stereocenters. The minimum absolute atomic E-state index is 0.0863. The first kappa shape index (κ1) is 15.1. The largest absolute Gasteiger partial charge is 0.459 e. The summed E-state index contributed by atoms with van der Waals surface area (Å²) in [7, 11) is 0. The maximum atomic E-state index is 12.2. The van der Waals surface area contributed by atoms with Crippen LogP contribution in [0.5, 0.6) is 0 Å². The maximum absolute atomic E-state index is 12.2. The highest BCUT2D eigenvalue weighted by molar-refractivity contribution is 5.93. The average molecular weight is 305 g/mol. The molecule has 23 heavy (non-hydrogen) atoms. The Balaban J connectivity index is 1.72. The van der Waals surface area contributed by atoms with Crippen molar-refractivity contribution in [2.24, 2.45) is 0 Å². The first-order valence-corrected chi connectivity index (χ1v) is 7.65. The first-order chi connectivity index (χ1) is 11.1. The van der Waals surface area contributed by atoms with Crippen LogP contribution in [0.4, 0.5) is 0 Å². The fraction of sp³-hybridized carbons (Fsp3) is 0.150. The van der Waals surface area contributed by atoms with Gasteiger partial charge in [0.05, 0.1) is 12.3 Å². The number of carbonyl (C=O) groups excluding carboxylic acids is 1. The van der Waals surface area contributed by atoms with Gasteiger partial charge in [-0.25, -0.2) is 0 Å². The molecule has 1 aromatic heterocycles. The summed E-state index contributed by atoms with van der Waals surface area (Å²) in [6.45, 7) is 3.82. The maximum Gasteiger partial charge on any atom is 0.287 e. The number of carbonyl (C=O) groups is 1. The normalized spacial score (nSPS) is 11.9. The van der Waals surface area contributed by atoms with Crippen molar-refractivity contribution in [3.05, 3.63) is 83.8 Å². The van der Waals surface area contributed by atoms with Crippen LogP contribution < -0.4 is 5.32 Å². The minimum Gasteiger partial charge on any atom is -0.459 e. The van der Waals surface area contributed by atoms with Crippen molar-refractivity contribution in [3.63, 3.8) is 0 Å².